The first-order chi connectivity index (χ1) is 8.63. The lowest BCUT2D eigenvalue weighted by atomic mass is 9.89. The predicted molar refractivity (Wildman–Crippen MR) is 71.1 cm³/mol. The van der Waals surface area contributed by atoms with Crippen molar-refractivity contribution in [3.05, 3.63) is 29.3 Å². The van der Waals surface area contributed by atoms with Crippen LogP contribution in [0.15, 0.2) is 23.2 Å². The first-order valence-corrected chi connectivity index (χ1v) is 6.12. The Morgan fingerprint density at radius 3 is 3.06 bits per heavy atom. The summed E-state index contributed by atoms with van der Waals surface area (Å²) in [5, 5.41) is 0. The maximum absolute atomic E-state index is 10.2. The van der Waals surface area contributed by atoms with Crippen LogP contribution in [0.4, 0.5) is 5.69 Å². The maximum atomic E-state index is 10.2. The molecule has 1 aliphatic heterocycles. The molecule has 2 N–H and O–H groups in total. The molecule has 0 radical (unpaired) electrons. The zero-order valence-corrected chi connectivity index (χ0v) is 10.7. The molecule has 3 unspecified atom stereocenters. The fourth-order valence-corrected chi connectivity index (χ4v) is 2.12. The highest BCUT2D eigenvalue weighted by Crippen LogP contribution is 2.34. The third-order valence-corrected chi connectivity index (χ3v) is 3.41. The van der Waals surface area contributed by atoms with Crippen LogP contribution in [0.3, 0.4) is 0 Å². The molecule has 96 valence electrons. The van der Waals surface area contributed by atoms with Crippen LogP contribution in [0, 0.1) is 5.92 Å². The van der Waals surface area contributed by atoms with E-state index in [1.54, 1.807) is 0 Å². The minimum Gasteiger partial charge on any atom is -0.467 e. The number of carbonyl (C=O) groups excluding carboxylic acids is 1. The van der Waals surface area contributed by atoms with E-state index in [0.29, 0.717) is 13.1 Å². The van der Waals surface area contributed by atoms with Crippen molar-refractivity contribution in [2.24, 2.45) is 16.6 Å². The molecule has 1 aromatic rings. The van der Waals surface area contributed by atoms with Crippen molar-refractivity contribution in [3.63, 3.8) is 0 Å². The van der Waals surface area contributed by atoms with Crippen LogP contribution in [0.25, 0.3) is 0 Å². The van der Waals surface area contributed by atoms with Crippen LogP contribution in [0.1, 0.15) is 36.9 Å². The van der Waals surface area contributed by atoms with Gasteiger partial charge in [-0.1, -0.05) is 26.0 Å². The zero-order valence-electron chi connectivity index (χ0n) is 10.7. The Morgan fingerprint density at radius 2 is 2.33 bits per heavy atom. The molecule has 0 amide bonds. The second-order valence-electron chi connectivity index (χ2n) is 4.81. The Balaban J connectivity index is 2.26. The van der Waals surface area contributed by atoms with Crippen LogP contribution in [-0.4, -0.2) is 19.3 Å². The van der Waals surface area contributed by atoms with Gasteiger partial charge in [-0.15, -0.1) is 0 Å². The molecule has 0 aromatic heterocycles. The molecule has 2 rings (SSSR count). The number of hydrogen-bond donors (Lipinski definition) is 1. The van der Waals surface area contributed by atoms with Crippen molar-refractivity contribution in [1.82, 2.24) is 0 Å². The number of fused-ring (bicyclic) bond motifs is 1. The molecular formula is C14H18N2O2. The quantitative estimate of drug-likeness (QED) is 0.829. The fourth-order valence-electron chi connectivity index (χ4n) is 2.12. The molecule has 0 fully saturated rings. The molecular weight excluding hydrogens is 228 g/mol. The summed E-state index contributed by atoms with van der Waals surface area (Å²) in [6.07, 6.45) is 1.89. The highest BCUT2D eigenvalue weighted by molar-refractivity contribution is 5.72. The minimum absolute atomic E-state index is 0.0170. The van der Waals surface area contributed by atoms with Crippen LogP contribution < -0.4 is 5.73 Å². The summed E-state index contributed by atoms with van der Waals surface area (Å²) >= 11 is 0. The van der Waals surface area contributed by atoms with E-state index >= 15 is 0 Å². The predicted octanol–water partition coefficient (Wildman–Crippen LogP) is 2.31. The molecule has 3 atom stereocenters. The van der Waals surface area contributed by atoms with Crippen LogP contribution in [-0.2, 0) is 9.53 Å². The summed E-state index contributed by atoms with van der Waals surface area (Å²) in [4.78, 5) is 14.6. The minimum atomic E-state index is -0.0170. The van der Waals surface area contributed by atoms with Gasteiger partial charge in [0.15, 0.2) is 0 Å². The topological polar surface area (TPSA) is 64.7 Å². The first kappa shape index (κ1) is 12.8. The highest BCUT2D eigenvalue weighted by Gasteiger charge is 2.21. The zero-order chi connectivity index (χ0) is 13.1. The largest absolute Gasteiger partial charge is 0.467 e. The summed E-state index contributed by atoms with van der Waals surface area (Å²) in [7, 11) is 0. The number of carbonyl (C=O) groups is 1. The van der Waals surface area contributed by atoms with Crippen LogP contribution >= 0.6 is 0 Å². The van der Waals surface area contributed by atoms with Crippen molar-refractivity contribution in [1.29, 1.82) is 0 Å². The second-order valence-corrected chi connectivity index (χ2v) is 4.81. The van der Waals surface area contributed by atoms with Gasteiger partial charge in [-0.3, -0.25) is 9.79 Å². The highest BCUT2D eigenvalue weighted by atomic mass is 16.5. The lowest BCUT2D eigenvalue weighted by molar-refractivity contribution is -0.129. The summed E-state index contributed by atoms with van der Waals surface area (Å²) in [5.41, 5.74) is 9.31. The first-order valence-electron chi connectivity index (χ1n) is 6.12. The number of aliphatic imine (C=N–C) groups is 1. The van der Waals surface area contributed by atoms with E-state index in [-0.39, 0.29) is 17.9 Å². The van der Waals surface area contributed by atoms with Gasteiger partial charge in [0.05, 0.1) is 12.3 Å². The van der Waals surface area contributed by atoms with Gasteiger partial charge in [0, 0.05) is 24.1 Å². The van der Waals surface area contributed by atoms with Gasteiger partial charge < -0.3 is 10.5 Å². The Hall–Kier alpha value is -1.68. The van der Waals surface area contributed by atoms with Gasteiger partial charge in [0.1, 0.15) is 0 Å². The van der Waals surface area contributed by atoms with Crippen molar-refractivity contribution >= 4 is 18.4 Å². The summed E-state index contributed by atoms with van der Waals surface area (Å²) in [5.74, 6) is 0.406. The lowest BCUT2D eigenvalue weighted by Gasteiger charge is -2.24. The van der Waals surface area contributed by atoms with Crippen LogP contribution in [0.2, 0.25) is 0 Å². The molecule has 4 nitrogen and oxygen atoms in total. The van der Waals surface area contributed by atoms with E-state index < -0.39 is 0 Å². The Labute approximate surface area is 107 Å². The van der Waals surface area contributed by atoms with E-state index in [1.165, 1.54) is 0 Å². The molecule has 0 saturated carbocycles. The average molecular weight is 246 g/mol. The standard InChI is InChI=1S/C14H18N2O2/c1-9-6-16-13-4-3-11(5-12(13)14(9)15)10(2)7-18-8-17/h3-6,8-10,14H,7,15H2,1-2H3. The number of hydrogen-bond acceptors (Lipinski definition) is 4. The van der Waals surface area contributed by atoms with Gasteiger partial charge in [0.2, 0.25) is 0 Å². The van der Waals surface area contributed by atoms with Gasteiger partial charge in [-0.2, -0.15) is 0 Å². The van der Waals surface area contributed by atoms with Gasteiger partial charge in [-0.05, 0) is 17.2 Å². The van der Waals surface area contributed by atoms with Crippen molar-refractivity contribution in [2.75, 3.05) is 6.61 Å². The Morgan fingerprint density at radius 1 is 1.56 bits per heavy atom. The van der Waals surface area contributed by atoms with E-state index in [4.69, 9.17) is 10.5 Å². The Bertz CT molecular complexity index is 471. The molecule has 0 aliphatic carbocycles. The smallest absolute Gasteiger partial charge is 0.293 e. The van der Waals surface area contributed by atoms with E-state index in [9.17, 15) is 4.79 Å². The monoisotopic (exact) mass is 246 g/mol. The van der Waals surface area contributed by atoms with E-state index in [2.05, 4.69) is 18.0 Å². The molecule has 0 saturated heterocycles. The van der Waals surface area contributed by atoms with E-state index in [0.717, 1.165) is 16.8 Å². The number of nitrogens with zero attached hydrogens (tertiary/aromatic N) is 1. The second kappa shape index (κ2) is 5.31. The van der Waals surface area contributed by atoms with Crippen molar-refractivity contribution in [3.8, 4) is 0 Å². The summed E-state index contributed by atoms with van der Waals surface area (Å²) < 4.78 is 4.80. The lowest BCUT2D eigenvalue weighted by Crippen LogP contribution is -2.23. The molecule has 1 aliphatic rings. The third kappa shape index (κ3) is 2.43. The summed E-state index contributed by atoms with van der Waals surface area (Å²) in [6, 6.07) is 6.05. The maximum Gasteiger partial charge on any atom is 0.293 e. The van der Waals surface area contributed by atoms with Crippen LogP contribution in [0.5, 0.6) is 0 Å². The van der Waals surface area contributed by atoms with Gasteiger partial charge >= 0.3 is 0 Å². The number of ether oxygens (including phenoxy) is 1. The van der Waals surface area contributed by atoms with E-state index in [1.807, 2.05) is 25.3 Å². The average Bonchev–Trinajstić information content (AvgIpc) is 2.40. The van der Waals surface area contributed by atoms with Gasteiger partial charge in [-0.25, -0.2) is 0 Å². The van der Waals surface area contributed by atoms with Crippen molar-refractivity contribution < 1.29 is 9.53 Å². The molecule has 18 heavy (non-hydrogen) atoms. The SMILES string of the molecule is CC(COC=O)c1ccc2c(c1)C(N)C(C)C=N2. The normalized spacial score (nSPS) is 23.3. The molecule has 1 heterocycles. The van der Waals surface area contributed by atoms with Crippen molar-refractivity contribution in [2.45, 2.75) is 25.8 Å². The van der Waals surface area contributed by atoms with Gasteiger partial charge in [0.25, 0.3) is 6.47 Å². The number of nitrogens with two attached hydrogens (primary N) is 1. The Kier molecular flexibility index (Phi) is 3.77. The molecule has 0 spiro atoms. The number of benzene rings is 1. The molecule has 0 bridgehead atoms. The molecule has 1 aromatic carbocycles. The fraction of sp³-hybridized carbons (Fsp3) is 0.429. The number of rotatable bonds is 4. The summed E-state index contributed by atoms with van der Waals surface area (Å²) in [6.45, 7) is 4.94. The third-order valence-electron chi connectivity index (χ3n) is 3.41. The molecule has 4 heteroatoms.